The molecule has 164 valence electrons. The van der Waals surface area contributed by atoms with E-state index in [1.807, 2.05) is 12.3 Å². The Morgan fingerprint density at radius 1 is 1.03 bits per heavy atom. The molecule has 5 nitrogen and oxygen atoms in total. The largest absolute Gasteiger partial charge is 0.356 e. The Hall–Kier alpha value is -3.21. The lowest BCUT2D eigenvalue weighted by atomic mass is 9.87. The molecule has 5 heteroatoms. The second kappa shape index (κ2) is 9.11. The first-order valence-corrected chi connectivity index (χ1v) is 11.7. The van der Waals surface area contributed by atoms with Gasteiger partial charge in [-0.1, -0.05) is 54.1 Å². The first-order valence-electron chi connectivity index (χ1n) is 11.7. The Morgan fingerprint density at radius 3 is 2.75 bits per heavy atom. The Kier molecular flexibility index (Phi) is 5.89. The highest BCUT2D eigenvalue weighted by Crippen LogP contribution is 2.31. The minimum atomic E-state index is -0.0179. The minimum absolute atomic E-state index is 0.0179. The van der Waals surface area contributed by atoms with Crippen molar-refractivity contribution in [2.45, 2.75) is 45.1 Å². The zero-order valence-electron chi connectivity index (χ0n) is 18.6. The molecule has 1 fully saturated rings. The Morgan fingerprint density at radius 2 is 1.88 bits per heavy atom. The molecule has 0 spiro atoms. The molecular weight excluding hydrogens is 396 g/mol. The lowest BCUT2D eigenvalue weighted by Gasteiger charge is -2.34. The van der Waals surface area contributed by atoms with Crippen LogP contribution in [0.4, 0.5) is 5.82 Å². The molecule has 0 saturated carbocycles. The number of anilines is 1. The number of piperidine rings is 1. The number of carbonyl (C=O) groups is 1. The number of carbonyl (C=O) groups excluding carboxylic acids is 1. The lowest BCUT2D eigenvalue weighted by molar-refractivity contribution is -0.126. The van der Waals surface area contributed by atoms with Crippen LogP contribution >= 0.6 is 0 Å². The van der Waals surface area contributed by atoms with E-state index in [0.29, 0.717) is 6.54 Å². The summed E-state index contributed by atoms with van der Waals surface area (Å²) in [6.45, 7) is 3.69. The van der Waals surface area contributed by atoms with Crippen LogP contribution in [0.25, 0.3) is 11.4 Å². The molecule has 0 radical (unpaired) electrons. The molecule has 32 heavy (non-hydrogen) atoms. The molecular formula is C27H30N4O. The van der Waals surface area contributed by atoms with Crippen molar-refractivity contribution in [3.8, 4) is 11.4 Å². The van der Waals surface area contributed by atoms with Gasteiger partial charge in [-0.2, -0.15) is 0 Å². The molecule has 1 N–H and O–H groups in total. The van der Waals surface area contributed by atoms with Crippen LogP contribution in [0.5, 0.6) is 0 Å². The van der Waals surface area contributed by atoms with Crippen molar-refractivity contribution in [3.05, 3.63) is 77.5 Å². The van der Waals surface area contributed by atoms with Gasteiger partial charge in [-0.25, -0.2) is 9.97 Å². The van der Waals surface area contributed by atoms with Crippen LogP contribution in [-0.2, 0) is 11.2 Å². The monoisotopic (exact) mass is 426 g/mol. The molecule has 1 amide bonds. The fourth-order valence-corrected chi connectivity index (χ4v) is 4.96. The predicted molar refractivity (Wildman–Crippen MR) is 127 cm³/mol. The number of hydrogen-bond acceptors (Lipinski definition) is 4. The van der Waals surface area contributed by atoms with E-state index in [-0.39, 0.29) is 17.9 Å². The van der Waals surface area contributed by atoms with E-state index in [1.54, 1.807) is 0 Å². The van der Waals surface area contributed by atoms with Crippen molar-refractivity contribution < 1.29 is 4.79 Å². The Bertz CT molecular complexity index is 1090. The van der Waals surface area contributed by atoms with Gasteiger partial charge in [0.1, 0.15) is 5.82 Å². The van der Waals surface area contributed by atoms with Gasteiger partial charge in [-0.15, -0.1) is 0 Å². The third-order valence-electron chi connectivity index (χ3n) is 6.75. The summed E-state index contributed by atoms with van der Waals surface area (Å²) >= 11 is 0. The maximum Gasteiger partial charge on any atom is 0.225 e. The molecule has 2 aromatic carbocycles. The van der Waals surface area contributed by atoms with E-state index in [1.165, 1.54) is 16.7 Å². The van der Waals surface area contributed by atoms with Gasteiger partial charge in [0, 0.05) is 24.8 Å². The summed E-state index contributed by atoms with van der Waals surface area (Å²) in [6.07, 6.45) is 6.99. The second-order valence-electron chi connectivity index (χ2n) is 9.04. The zero-order valence-corrected chi connectivity index (χ0v) is 18.6. The quantitative estimate of drug-likeness (QED) is 0.647. The van der Waals surface area contributed by atoms with E-state index >= 15 is 0 Å². The van der Waals surface area contributed by atoms with Crippen LogP contribution in [0, 0.1) is 12.8 Å². The number of aryl methyl sites for hydroxylation is 2. The summed E-state index contributed by atoms with van der Waals surface area (Å²) < 4.78 is 0. The van der Waals surface area contributed by atoms with Crippen LogP contribution in [0.15, 0.2) is 60.8 Å². The number of aromatic nitrogens is 2. The fourth-order valence-electron chi connectivity index (χ4n) is 4.96. The minimum Gasteiger partial charge on any atom is -0.356 e. The predicted octanol–water partition coefficient (Wildman–Crippen LogP) is 4.86. The van der Waals surface area contributed by atoms with Crippen LogP contribution in [0.3, 0.4) is 0 Å². The Labute approximate surface area is 189 Å². The molecule has 1 aliphatic carbocycles. The van der Waals surface area contributed by atoms with Crippen molar-refractivity contribution in [2.75, 3.05) is 18.0 Å². The number of fused-ring (bicyclic) bond motifs is 1. The maximum atomic E-state index is 13.2. The molecule has 1 saturated heterocycles. The third kappa shape index (κ3) is 4.38. The number of nitrogens with one attached hydrogen (secondary N) is 1. The number of hydrogen-bond donors (Lipinski definition) is 1. The highest BCUT2D eigenvalue weighted by Gasteiger charge is 2.29. The van der Waals surface area contributed by atoms with E-state index < -0.39 is 0 Å². The van der Waals surface area contributed by atoms with Gasteiger partial charge in [-0.05, 0) is 56.2 Å². The molecule has 5 rings (SSSR count). The normalized spacial score (nSPS) is 20.5. The highest BCUT2D eigenvalue weighted by atomic mass is 16.2. The third-order valence-corrected chi connectivity index (χ3v) is 6.75. The summed E-state index contributed by atoms with van der Waals surface area (Å²) in [5, 5.41) is 3.36. The van der Waals surface area contributed by atoms with Gasteiger partial charge in [0.25, 0.3) is 0 Å². The standard InChI is InChI=1S/C27H30N4O/c1-19-11-13-21(14-12-19)26-28-16-15-25(30-26)31-17-5-8-22(18-31)27(32)29-24-10-4-7-20-6-2-3-9-23(20)24/h2-3,6,9,11-16,22,24H,4-5,7-8,10,17-18H2,1H3,(H,29,32)/t22-,24-/m1/s1. The topological polar surface area (TPSA) is 58.1 Å². The molecule has 2 aliphatic rings. The van der Waals surface area contributed by atoms with E-state index in [0.717, 1.165) is 55.9 Å². The van der Waals surface area contributed by atoms with Crippen molar-refractivity contribution in [3.63, 3.8) is 0 Å². The SMILES string of the molecule is Cc1ccc(-c2nccc(N3CCC[C@@H](C(=O)N[C@@H]4CCCc5ccccc54)C3)n2)cc1. The van der Waals surface area contributed by atoms with Crippen molar-refractivity contribution in [2.24, 2.45) is 5.92 Å². The maximum absolute atomic E-state index is 13.2. The number of amides is 1. The summed E-state index contributed by atoms with van der Waals surface area (Å²) in [5.41, 5.74) is 4.90. The highest BCUT2D eigenvalue weighted by molar-refractivity contribution is 5.80. The molecule has 2 atom stereocenters. The van der Waals surface area contributed by atoms with E-state index in [4.69, 9.17) is 4.98 Å². The van der Waals surface area contributed by atoms with Crippen molar-refractivity contribution >= 4 is 11.7 Å². The van der Waals surface area contributed by atoms with E-state index in [2.05, 4.69) is 70.7 Å². The van der Waals surface area contributed by atoms with Gasteiger partial charge >= 0.3 is 0 Å². The Balaban J connectivity index is 1.28. The average Bonchev–Trinajstić information content (AvgIpc) is 2.85. The van der Waals surface area contributed by atoms with Gasteiger partial charge in [0.15, 0.2) is 5.82 Å². The molecule has 1 aromatic heterocycles. The molecule has 2 heterocycles. The zero-order chi connectivity index (χ0) is 21.9. The molecule has 0 bridgehead atoms. The average molecular weight is 427 g/mol. The van der Waals surface area contributed by atoms with Crippen molar-refractivity contribution in [1.82, 2.24) is 15.3 Å². The first-order chi connectivity index (χ1) is 15.7. The number of nitrogens with zero attached hydrogens (tertiary/aromatic N) is 3. The number of rotatable bonds is 4. The molecule has 1 aliphatic heterocycles. The van der Waals surface area contributed by atoms with E-state index in [9.17, 15) is 4.79 Å². The van der Waals surface area contributed by atoms with Crippen LogP contribution in [0.2, 0.25) is 0 Å². The van der Waals surface area contributed by atoms with Crippen LogP contribution in [0.1, 0.15) is 48.4 Å². The number of benzene rings is 2. The summed E-state index contributed by atoms with van der Waals surface area (Å²) in [7, 11) is 0. The van der Waals surface area contributed by atoms with Crippen LogP contribution in [-0.4, -0.2) is 29.0 Å². The summed E-state index contributed by atoms with van der Waals surface area (Å²) in [4.78, 5) is 24.7. The lowest BCUT2D eigenvalue weighted by Crippen LogP contribution is -2.44. The smallest absolute Gasteiger partial charge is 0.225 e. The van der Waals surface area contributed by atoms with Gasteiger partial charge < -0.3 is 10.2 Å². The van der Waals surface area contributed by atoms with Crippen molar-refractivity contribution in [1.29, 1.82) is 0 Å². The van der Waals surface area contributed by atoms with Gasteiger partial charge in [-0.3, -0.25) is 4.79 Å². The molecule has 3 aromatic rings. The fraction of sp³-hybridized carbons (Fsp3) is 0.370. The van der Waals surface area contributed by atoms with Crippen LogP contribution < -0.4 is 10.2 Å². The summed E-state index contributed by atoms with van der Waals surface area (Å²) in [5.74, 6) is 1.78. The second-order valence-corrected chi connectivity index (χ2v) is 9.04. The van der Waals surface area contributed by atoms with Gasteiger partial charge in [0.05, 0.1) is 12.0 Å². The first kappa shape index (κ1) is 20.7. The summed E-state index contributed by atoms with van der Waals surface area (Å²) in [6, 6.07) is 18.9. The molecule has 0 unspecified atom stereocenters. The van der Waals surface area contributed by atoms with Gasteiger partial charge in [0.2, 0.25) is 5.91 Å².